The Morgan fingerprint density at radius 3 is 2.43 bits per heavy atom. The Kier molecular flexibility index (Phi) is 7.04. The van der Waals surface area contributed by atoms with Crippen LogP contribution < -0.4 is 5.32 Å². The average molecular weight is 329 g/mol. The maximum Gasteiger partial charge on any atom is 0.193 e. The third kappa shape index (κ3) is 6.86. The molecule has 0 aliphatic carbocycles. The minimum absolute atomic E-state index is 0.0995. The van der Waals surface area contributed by atoms with Gasteiger partial charge in [-0.05, 0) is 24.0 Å². The summed E-state index contributed by atoms with van der Waals surface area (Å²) >= 11 is 1.71. The smallest absolute Gasteiger partial charge is 0.193 e. The zero-order chi connectivity index (χ0) is 15.9. The van der Waals surface area contributed by atoms with E-state index in [9.17, 15) is 8.42 Å². The van der Waals surface area contributed by atoms with Gasteiger partial charge in [0, 0.05) is 38.3 Å². The zero-order valence-corrected chi connectivity index (χ0v) is 14.6. The van der Waals surface area contributed by atoms with Crippen LogP contribution in [0.5, 0.6) is 0 Å². The molecule has 21 heavy (non-hydrogen) atoms. The number of sulfone groups is 1. The van der Waals surface area contributed by atoms with Gasteiger partial charge < -0.3 is 10.2 Å². The molecule has 0 saturated heterocycles. The predicted molar refractivity (Wildman–Crippen MR) is 90.8 cm³/mol. The molecule has 0 bridgehead atoms. The summed E-state index contributed by atoms with van der Waals surface area (Å²) in [6.07, 6.45) is 3.28. The number of benzene rings is 1. The molecule has 0 fully saturated rings. The Bertz CT molecular complexity index is 568. The SMILES string of the molecule is CN=C(NCCS(C)(=O)=O)N(C)Cc1ccc(SC)cc1. The first-order valence-corrected chi connectivity index (χ1v) is 9.86. The van der Waals surface area contributed by atoms with Crippen LogP contribution >= 0.6 is 11.8 Å². The van der Waals surface area contributed by atoms with Crippen LogP contribution in [0.15, 0.2) is 34.2 Å². The van der Waals surface area contributed by atoms with Crippen LogP contribution in [-0.4, -0.2) is 58.2 Å². The number of nitrogens with one attached hydrogen (secondary N) is 1. The van der Waals surface area contributed by atoms with Gasteiger partial charge in [0.1, 0.15) is 9.84 Å². The van der Waals surface area contributed by atoms with E-state index < -0.39 is 9.84 Å². The molecule has 1 rings (SSSR count). The highest BCUT2D eigenvalue weighted by Gasteiger charge is 2.08. The van der Waals surface area contributed by atoms with E-state index in [4.69, 9.17) is 0 Å². The van der Waals surface area contributed by atoms with Crippen LogP contribution in [0.3, 0.4) is 0 Å². The summed E-state index contributed by atoms with van der Waals surface area (Å²) in [7, 11) is 0.661. The van der Waals surface area contributed by atoms with Crippen LogP contribution in [0.2, 0.25) is 0 Å². The molecule has 5 nitrogen and oxygen atoms in total. The first-order chi connectivity index (χ1) is 9.85. The molecule has 0 radical (unpaired) electrons. The molecule has 1 aromatic carbocycles. The molecule has 1 N–H and O–H groups in total. The summed E-state index contributed by atoms with van der Waals surface area (Å²) < 4.78 is 22.3. The normalized spacial score (nSPS) is 12.3. The lowest BCUT2D eigenvalue weighted by atomic mass is 10.2. The topological polar surface area (TPSA) is 61.8 Å². The van der Waals surface area contributed by atoms with E-state index in [0.29, 0.717) is 19.0 Å². The Labute approximate surface area is 131 Å². The van der Waals surface area contributed by atoms with Gasteiger partial charge in [0.15, 0.2) is 5.96 Å². The highest BCUT2D eigenvalue weighted by atomic mass is 32.2. The highest BCUT2D eigenvalue weighted by molar-refractivity contribution is 7.98. The second-order valence-electron chi connectivity index (χ2n) is 4.81. The fourth-order valence-electron chi connectivity index (χ4n) is 1.81. The number of guanidine groups is 1. The molecule has 0 saturated carbocycles. The molecule has 7 heteroatoms. The average Bonchev–Trinajstić information content (AvgIpc) is 2.43. The van der Waals surface area contributed by atoms with Gasteiger partial charge in [-0.2, -0.15) is 0 Å². The lowest BCUT2D eigenvalue weighted by molar-refractivity contribution is 0.478. The maximum absolute atomic E-state index is 11.1. The second-order valence-corrected chi connectivity index (χ2v) is 7.95. The molecule has 1 aromatic rings. The molecule has 0 atom stereocenters. The Morgan fingerprint density at radius 2 is 1.95 bits per heavy atom. The number of hydrogen-bond donors (Lipinski definition) is 1. The number of thioether (sulfide) groups is 1. The van der Waals surface area contributed by atoms with Crippen LogP contribution in [0.1, 0.15) is 5.56 Å². The molecule has 118 valence electrons. The van der Waals surface area contributed by atoms with Crippen molar-refractivity contribution in [2.45, 2.75) is 11.4 Å². The first kappa shape index (κ1) is 17.8. The Hall–Kier alpha value is -1.21. The fourth-order valence-corrected chi connectivity index (χ4v) is 2.69. The molecule has 0 unspecified atom stereocenters. The van der Waals surface area contributed by atoms with Gasteiger partial charge >= 0.3 is 0 Å². The third-order valence-corrected chi connectivity index (χ3v) is 4.60. The number of aliphatic imine (C=N–C) groups is 1. The van der Waals surface area contributed by atoms with Gasteiger partial charge in [-0.25, -0.2) is 8.42 Å². The van der Waals surface area contributed by atoms with E-state index in [1.165, 1.54) is 16.7 Å². The van der Waals surface area contributed by atoms with Crippen molar-refractivity contribution in [3.05, 3.63) is 29.8 Å². The summed E-state index contributed by atoms with van der Waals surface area (Å²) in [6.45, 7) is 1.08. The van der Waals surface area contributed by atoms with E-state index in [0.717, 1.165) is 0 Å². The van der Waals surface area contributed by atoms with Gasteiger partial charge in [-0.1, -0.05) is 12.1 Å². The van der Waals surface area contributed by atoms with Crippen LogP contribution in [-0.2, 0) is 16.4 Å². The van der Waals surface area contributed by atoms with E-state index in [1.807, 2.05) is 11.9 Å². The highest BCUT2D eigenvalue weighted by Crippen LogP contribution is 2.15. The minimum Gasteiger partial charge on any atom is -0.355 e. The van der Waals surface area contributed by atoms with E-state index in [1.54, 1.807) is 18.8 Å². The van der Waals surface area contributed by atoms with E-state index >= 15 is 0 Å². The minimum atomic E-state index is -2.96. The molecular formula is C14H23N3O2S2. The van der Waals surface area contributed by atoms with E-state index in [2.05, 4.69) is 40.8 Å². The lowest BCUT2D eigenvalue weighted by Gasteiger charge is -2.22. The summed E-state index contributed by atoms with van der Waals surface area (Å²) in [6, 6.07) is 8.36. The monoisotopic (exact) mass is 329 g/mol. The van der Waals surface area contributed by atoms with Gasteiger partial charge in [-0.15, -0.1) is 11.8 Å². The standard InChI is InChI=1S/C14H23N3O2S2/c1-15-14(16-9-10-21(4,18)19)17(2)11-12-5-7-13(20-3)8-6-12/h5-8H,9-11H2,1-4H3,(H,15,16). The van der Waals surface area contributed by atoms with Crippen molar-refractivity contribution in [2.24, 2.45) is 4.99 Å². The lowest BCUT2D eigenvalue weighted by Crippen LogP contribution is -2.40. The van der Waals surface area contributed by atoms with Crippen LogP contribution in [0.25, 0.3) is 0 Å². The third-order valence-electron chi connectivity index (χ3n) is 2.91. The van der Waals surface area contributed by atoms with Crippen molar-refractivity contribution in [2.75, 3.05) is 38.9 Å². The van der Waals surface area contributed by atoms with Crippen molar-refractivity contribution < 1.29 is 8.42 Å². The zero-order valence-electron chi connectivity index (χ0n) is 13.0. The van der Waals surface area contributed by atoms with Gasteiger partial charge in [0.2, 0.25) is 0 Å². The van der Waals surface area contributed by atoms with Crippen molar-refractivity contribution >= 4 is 27.6 Å². The molecule has 0 amide bonds. The Balaban J connectivity index is 2.56. The van der Waals surface area contributed by atoms with Gasteiger partial charge in [-0.3, -0.25) is 4.99 Å². The number of rotatable bonds is 6. The van der Waals surface area contributed by atoms with Gasteiger partial charge in [0.25, 0.3) is 0 Å². The van der Waals surface area contributed by atoms with Crippen LogP contribution in [0, 0.1) is 0 Å². The Morgan fingerprint density at radius 1 is 1.33 bits per heavy atom. The summed E-state index contributed by atoms with van der Waals surface area (Å²) in [4.78, 5) is 7.37. The fraction of sp³-hybridized carbons (Fsp3) is 0.500. The first-order valence-electron chi connectivity index (χ1n) is 6.58. The van der Waals surface area contributed by atoms with Crippen molar-refractivity contribution in [1.82, 2.24) is 10.2 Å². The van der Waals surface area contributed by atoms with Crippen molar-refractivity contribution in [3.8, 4) is 0 Å². The van der Waals surface area contributed by atoms with E-state index in [-0.39, 0.29) is 5.75 Å². The molecule has 0 aliphatic rings. The van der Waals surface area contributed by atoms with Gasteiger partial charge in [0.05, 0.1) is 5.75 Å². The summed E-state index contributed by atoms with van der Waals surface area (Å²) in [5.74, 6) is 0.787. The predicted octanol–water partition coefficient (Wildman–Crippen LogP) is 1.46. The maximum atomic E-state index is 11.1. The summed E-state index contributed by atoms with van der Waals surface area (Å²) in [5.41, 5.74) is 1.18. The second kappa shape index (κ2) is 8.29. The summed E-state index contributed by atoms with van der Waals surface area (Å²) in [5, 5.41) is 3.06. The van der Waals surface area contributed by atoms with Crippen molar-refractivity contribution in [1.29, 1.82) is 0 Å². The molecule has 0 heterocycles. The quantitative estimate of drug-likeness (QED) is 0.486. The number of nitrogens with zero attached hydrogens (tertiary/aromatic N) is 2. The number of hydrogen-bond acceptors (Lipinski definition) is 4. The molecule has 0 aliphatic heterocycles. The molecule has 0 spiro atoms. The molecular weight excluding hydrogens is 306 g/mol. The van der Waals surface area contributed by atoms with Crippen LogP contribution in [0.4, 0.5) is 0 Å². The van der Waals surface area contributed by atoms with Crippen molar-refractivity contribution in [3.63, 3.8) is 0 Å². The molecule has 0 aromatic heterocycles. The largest absolute Gasteiger partial charge is 0.355 e.